The third kappa shape index (κ3) is 2.76. The Hall–Kier alpha value is -0.840. The molecule has 3 N–H and O–H groups in total. The number of thiocarbonyl (C=S) groups is 1. The van der Waals surface area contributed by atoms with E-state index in [4.69, 9.17) is 29.6 Å². The first-order valence-electron chi connectivity index (χ1n) is 6.01. The summed E-state index contributed by atoms with van der Waals surface area (Å²) in [6, 6.07) is 5.57. The third-order valence-electron chi connectivity index (χ3n) is 3.49. The number of hydrogen-bond donors (Lipinski definition) is 2. The van der Waals surface area contributed by atoms with E-state index in [2.05, 4.69) is 11.8 Å². The van der Waals surface area contributed by atoms with Crippen LogP contribution in [0.1, 0.15) is 18.9 Å². The van der Waals surface area contributed by atoms with Gasteiger partial charge in [-0.25, -0.2) is 0 Å². The van der Waals surface area contributed by atoms with E-state index in [0.29, 0.717) is 22.5 Å². The van der Waals surface area contributed by atoms with Gasteiger partial charge in [-0.05, 0) is 30.5 Å². The maximum absolute atomic E-state index is 9.92. The highest BCUT2D eigenvalue weighted by Crippen LogP contribution is 2.30. The molecule has 1 heterocycles. The SMILES string of the molecule is CC1CCN(c2ccc(C(N)=S)cc2Cl)CC1O. The quantitative estimate of drug-likeness (QED) is 0.818. The number of rotatable bonds is 2. The van der Waals surface area contributed by atoms with Crippen LogP contribution in [0.4, 0.5) is 5.69 Å². The van der Waals surface area contributed by atoms with Crippen LogP contribution in [0.3, 0.4) is 0 Å². The Kier molecular flexibility index (Phi) is 4.10. The van der Waals surface area contributed by atoms with Crippen LogP contribution in [-0.2, 0) is 0 Å². The van der Waals surface area contributed by atoms with Crippen LogP contribution in [0.2, 0.25) is 5.02 Å². The fraction of sp³-hybridized carbons (Fsp3) is 0.462. The molecule has 0 bridgehead atoms. The first kappa shape index (κ1) is 13.6. The highest BCUT2D eigenvalue weighted by Gasteiger charge is 2.25. The minimum atomic E-state index is -0.301. The molecule has 2 unspecified atom stereocenters. The molecule has 1 fully saturated rings. The molecule has 5 heteroatoms. The summed E-state index contributed by atoms with van der Waals surface area (Å²) in [6.45, 7) is 3.59. The molecule has 0 saturated carbocycles. The van der Waals surface area contributed by atoms with Crippen molar-refractivity contribution in [2.45, 2.75) is 19.4 Å². The number of nitrogens with two attached hydrogens (primary N) is 1. The van der Waals surface area contributed by atoms with Crippen LogP contribution in [0.25, 0.3) is 0 Å². The van der Waals surface area contributed by atoms with Crippen LogP contribution >= 0.6 is 23.8 Å². The summed E-state index contributed by atoms with van der Waals surface area (Å²) in [5.74, 6) is 0.343. The summed E-state index contributed by atoms with van der Waals surface area (Å²) in [7, 11) is 0. The van der Waals surface area contributed by atoms with Crippen molar-refractivity contribution < 1.29 is 5.11 Å². The van der Waals surface area contributed by atoms with Gasteiger partial charge >= 0.3 is 0 Å². The Bertz CT molecular complexity index is 466. The van der Waals surface area contributed by atoms with E-state index in [1.165, 1.54) is 0 Å². The fourth-order valence-corrected chi connectivity index (χ4v) is 2.61. The van der Waals surface area contributed by atoms with E-state index in [0.717, 1.165) is 24.2 Å². The number of β-amino-alcohol motifs (C(OH)–C–C–N with tert-alkyl or cyclic N) is 1. The second-order valence-electron chi connectivity index (χ2n) is 4.81. The zero-order chi connectivity index (χ0) is 13.3. The number of halogens is 1. The van der Waals surface area contributed by atoms with Crippen molar-refractivity contribution in [3.05, 3.63) is 28.8 Å². The van der Waals surface area contributed by atoms with Crippen LogP contribution < -0.4 is 10.6 Å². The number of anilines is 1. The van der Waals surface area contributed by atoms with Crippen molar-refractivity contribution in [2.75, 3.05) is 18.0 Å². The molecule has 0 aromatic heterocycles. The molecule has 1 aliphatic rings. The number of hydrogen-bond acceptors (Lipinski definition) is 3. The minimum absolute atomic E-state index is 0.301. The van der Waals surface area contributed by atoms with Gasteiger partial charge in [-0.3, -0.25) is 0 Å². The van der Waals surface area contributed by atoms with E-state index < -0.39 is 0 Å². The lowest BCUT2D eigenvalue weighted by Crippen LogP contribution is -2.43. The highest BCUT2D eigenvalue weighted by atomic mass is 35.5. The number of nitrogens with zero attached hydrogens (tertiary/aromatic N) is 1. The number of benzene rings is 1. The number of piperidine rings is 1. The maximum Gasteiger partial charge on any atom is 0.104 e. The Labute approximate surface area is 118 Å². The summed E-state index contributed by atoms with van der Waals surface area (Å²) in [5, 5.41) is 10.5. The molecule has 0 radical (unpaired) electrons. The van der Waals surface area contributed by atoms with Gasteiger partial charge in [0.1, 0.15) is 4.99 Å². The minimum Gasteiger partial charge on any atom is -0.391 e. The summed E-state index contributed by atoms with van der Waals surface area (Å²) in [6.07, 6.45) is 0.666. The molecule has 18 heavy (non-hydrogen) atoms. The Balaban J connectivity index is 2.21. The van der Waals surface area contributed by atoms with Crippen molar-refractivity contribution >= 4 is 34.5 Å². The van der Waals surface area contributed by atoms with Crippen molar-refractivity contribution in [1.82, 2.24) is 0 Å². The predicted molar refractivity (Wildman–Crippen MR) is 79.3 cm³/mol. The van der Waals surface area contributed by atoms with E-state index >= 15 is 0 Å². The van der Waals surface area contributed by atoms with Gasteiger partial charge in [0, 0.05) is 18.7 Å². The molecule has 98 valence electrons. The Morgan fingerprint density at radius 3 is 2.83 bits per heavy atom. The van der Waals surface area contributed by atoms with E-state index in [-0.39, 0.29) is 6.10 Å². The summed E-state index contributed by atoms with van der Waals surface area (Å²) >= 11 is 11.2. The predicted octanol–water partition coefficient (Wildman–Crippen LogP) is 2.18. The van der Waals surface area contributed by atoms with Gasteiger partial charge in [0.2, 0.25) is 0 Å². The van der Waals surface area contributed by atoms with Crippen LogP contribution in [0.5, 0.6) is 0 Å². The molecule has 3 nitrogen and oxygen atoms in total. The van der Waals surface area contributed by atoms with Gasteiger partial charge in [0.15, 0.2) is 0 Å². The molecule has 0 aliphatic carbocycles. The highest BCUT2D eigenvalue weighted by molar-refractivity contribution is 7.80. The van der Waals surface area contributed by atoms with Gasteiger partial charge in [-0.1, -0.05) is 30.7 Å². The first-order valence-corrected chi connectivity index (χ1v) is 6.80. The van der Waals surface area contributed by atoms with Gasteiger partial charge in [0.05, 0.1) is 16.8 Å². The molecule has 0 spiro atoms. The average molecular weight is 285 g/mol. The lowest BCUT2D eigenvalue weighted by Gasteiger charge is -2.36. The molecule has 1 saturated heterocycles. The van der Waals surface area contributed by atoms with Gasteiger partial charge in [-0.15, -0.1) is 0 Å². The van der Waals surface area contributed by atoms with Crippen LogP contribution in [0.15, 0.2) is 18.2 Å². The largest absolute Gasteiger partial charge is 0.391 e. The van der Waals surface area contributed by atoms with Crippen LogP contribution in [0, 0.1) is 5.92 Å². The lowest BCUT2D eigenvalue weighted by atomic mass is 9.95. The first-order chi connectivity index (χ1) is 8.49. The number of aliphatic hydroxyl groups is 1. The van der Waals surface area contributed by atoms with Crippen molar-refractivity contribution in [2.24, 2.45) is 11.7 Å². The fourth-order valence-electron chi connectivity index (χ4n) is 2.18. The second kappa shape index (κ2) is 5.43. The molecule has 1 aliphatic heterocycles. The second-order valence-corrected chi connectivity index (χ2v) is 5.66. The van der Waals surface area contributed by atoms with E-state index in [1.54, 1.807) is 6.07 Å². The standard InChI is InChI=1S/C13H17ClN2OS/c1-8-4-5-16(7-12(8)17)11-3-2-9(13(15)18)6-10(11)14/h2-3,6,8,12,17H,4-5,7H2,1H3,(H2,15,18). The smallest absolute Gasteiger partial charge is 0.104 e. The zero-order valence-electron chi connectivity index (χ0n) is 10.3. The Morgan fingerprint density at radius 2 is 2.28 bits per heavy atom. The molecule has 2 atom stereocenters. The molecular weight excluding hydrogens is 268 g/mol. The zero-order valence-corrected chi connectivity index (χ0v) is 11.8. The third-order valence-corrected chi connectivity index (χ3v) is 4.03. The average Bonchev–Trinajstić information content (AvgIpc) is 2.32. The van der Waals surface area contributed by atoms with Crippen molar-refractivity contribution in [3.63, 3.8) is 0 Å². The van der Waals surface area contributed by atoms with Gasteiger partial charge < -0.3 is 15.7 Å². The van der Waals surface area contributed by atoms with Gasteiger partial charge in [-0.2, -0.15) is 0 Å². The molecule has 1 aromatic carbocycles. The number of aliphatic hydroxyl groups excluding tert-OH is 1. The van der Waals surface area contributed by atoms with Crippen molar-refractivity contribution in [3.8, 4) is 0 Å². The monoisotopic (exact) mass is 284 g/mol. The normalized spacial score (nSPS) is 24.1. The maximum atomic E-state index is 9.92. The molecular formula is C13H17ClN2OS. The van der Waals surface area contributed by atoms with Gasteiger partial charge in [0.25, 0.3) is 0 Å². The van der Waals surface area contributed by atoms with E-state index in [9.17, 15) is 5.11 Å². The van der Waals surface area contributed by atoms with Crippen LogP contribution in [-0.4, -0.2) is 29.3 Å². The molecule has 2 rings (SSSR count). The molecule has 1 aromatic rings. The van der Waals surface area contributed by atoms with Crippen molar-refractivity contribution in [1.29, 1.82) is 0 Å². The Morgan fingerprint density at radius 1 is 1.56 bits per heavy atom. The topological polar surface area (TPSA) is 49.5 Å². The molecule has 0 amide bonds. The van der Waals surface area contributed by atoms with E-state index in [1.807, 2.05) is 12.1 Å². The lowest BCUT2D eigenvalue weighted by molar-refractivity contribution is 0.103. The summed E-state index contributed by atoms with van der Waals surface area (Å²) < 4.78 is 0. The summed E-state index contributed by atoms with van der Waals surface area (Å²) in [4.78, 5) is 2.45. The summed E-state index contributed by atoms with van der Waals surface area (Å²) in [5.41, 5.74) is 7.27.